The smallest absolute Gasteiger partial charge is 0.136 e. The molecule has 0 radical (unpaired) electrons. The van der Waals surface area contributed by atoms with Crippen LogP contribution in [0.2, 0.25) is 0 Å². The van der Waals surface area contributed by atoms with Crippen LogP contribution in [0.1, 0.15) is 61.0 Å². The summed E-state index contributed by atoms with van der Waals surface area (Å²) in [5, 5.41) is 10.3. The summed E-state index contributed by atoms with van der Waals surface area (Å²) in [4.78, 5) is 6.68. The van der Waals surface area contributed by atoms with Crippen molar-refractivity contribution < 1.29 is 4.42 Å². The number of benzene rings is 5. The first kappa shape index (κ1) is 32.5. The van der Waals surface area contributed by atoms with Crippen molar-refractivity contribution in [3.05, 3.63) is 180 Å². The lowest BCUT2D eigenvalue weighted by Crippen LogP contribution is -2.52. The first-order chi connectivity index (χ1) is 25.7. The van der Waals surface area contributed by atoms with Gasteiger partial charge in [-0.2, -0.15) is 0 Å². The number of hydrogen-bond donors (Lipinski definition) is 2. The summed E-state index contributed by atoms with van der Waals surface area (Å²) < 4.78 is 6.52. The van der Waals surface area contributed by atoms with E-state index in [2.05, 4.69) is 162 Å². The Morgan fingerprint density at radius 2 is 1.58 bits per heavy atom. The summed E-state index contributed by atoms with van der Waals surface area (Å²) in [6, 6.07) is 41.1. The van der Waals surface area contributed by atoms with Crippen molar-refractivity contribution in [3.8, 4) is 11.1 Å². The van der Waals surface area contributed by atoms with Crippen LogP contribution in [-0.2, 0) is 0 Å². The molecule has 2 N–H and O–H groups in total. The molecule has 5 aromatic carbocycles. The molecule has 5 heteroatoms. The molecule has 4 unspecified atom stereocenters. The Hall–Kier alpha value is -5.36. The zero-order chi connectivity index (χ0) is 35.0. The Balaban J connectivity index is 0.00000177. The highest BCUT2D eigenvalue weighted by Gasteiger charge is 2.35. The first-order valence-electron chi connectivity index (χ1n) is 18.5. The SMILES string of the molecule is C1=CC(c2ccc(C3=NC(c4ccc5c(c4)oc4cccc(-c6ccccc6)c45)NC(C4=CC5Sc6ccccc6C5C=C4)N3)cc2)=CCC1.CC. The third-order valence-corrected chi connectivity index (χ3v) is 11.7. The Morgan fingerprint density at radius 3 is 2.42 bits per heavy atom. The van der Waals surface area contributed by atoms with Gasteiger partial charge < -0.3 is 9.73 Å². The molecule has 52 heavy (non-hydrogen) atoms. The van der Waals surface area contributed by atoms with Crippen LogP contribution in [0.3, 0.4) is 0 Å². The van der Waals surface area contributed by atoms with Gasteiger partial charge in [-0.05, 0) is 70.0 Å². The average Bonchev–Trinajstić information content (AvgIpc) is 3.80. The second-order valence-corrected chi connectivity index (χ2v) is 14.6. The van der Waals surface area contributed by atoms with E-state index in [0.29, 0.717) is 11.2 Å². The largest absolute Gasteiger partial charge is 0.456 e. The van der Waals surface area contributed by atoms with Gasteiger partial charge in [-0.15, -0.1) is 11.8 Å². The van der Waals surface area contributed by atoms with Gasteiger partial charge in [0.05, 0.1) is 0 Å². The van der Waals surface area contributed by atoms with Gasteiger partial charge in [-0.1, -0.05) is 147 Å². The molecule has 10 rings (SSSR count). The molecule has 2 aliphatic carbocycles. The molecule has 4 atom stereocenters. The molecule has 0 amide bonds. The number of fused-ring (bicyclic) bond motifs is 6. The molecule has 0 saturated heterocycles. The van der Waals surface area contributed by atoms with Gasteiger partial charge in [0, 0.05) is 32.4 Å². The number of aliphatic imine (C=N–C) groups is 1. The normalized spacial score (nSPS) is 21.7. The second kappa shape index (κ2) is 14.0. The average molecular weight is 696 g/mol. The minimum Gasteiger partial charge on any atom is -0.456 e. The zero-order valence-corrected chi connectivity index (χ0v) is 30.2. The fraction of sp³-hybridized carbons (Fsp3) is 0.170. The van der Waals surface area contributed by atoms with Crippen molar-refractivity contribution in [1.29, 1.82) is 0 Å². The molecule has 3 heterocycles. The van der Waals surface area contributed by atoms with E-state index < -0.39 is 0 Å². The van der Waals surface area contributed by atoms with E-state index in [0.717, 1.165) is 51.7 Å². The maximum atomic E-state index is 6.52. The lowest BCUT2D eigenvalue weighted by molar-refractivity contribution is 0.440. The highest BCUT2D eigenvalue weighted by atomic mass is 32.2. The Labute approximate surface area is 309 Å². The number of amidine groups is 1. The molecule has 6 aromatic rings. The Morgan fingerprint density at radius 1 is 0.750 bits per heavy atom. The molecular weight excluding hydrogens is 655 g/mol. The van der Waals surface area contributed by atoms with Crippen LogP contribution >= 0.6 is 11.8 Å². The number of rotatable bonds is 5. The van der Waals surface area contributed by atoms with Crippen molar-refractivity contribution in [2.24, 2.45) is 4.99 Å². The van der Waals surface area contributed by atoms with E-state index in [4.69, 9.17) is 9.41 Å². The van der Waals surface area contributed by atoms with Gasteiger partial charge in [0.25, 0.3) is 0 Å². The summed E-state index contributed by atoms with van der Waals surface area (Å²) in [5.74, 6) is 1.28. The van der Waals surface area contributed by atoms with E-state index in [1.54, 1.807) is 0 Å². The number of thioether (sulfide) groups is 1. The standard InChI is InChI=1S/C45H35N3OS.C2H6/c1-3-10-28(11-4-1)29-18-20-31(21-19-29)43-46-44(48-45(47-43)33-22-24-36-35-14-7-8-17-40(35)50-41(36)27-33)32-23-25-37-39(26-32)49-38-16-9-15-34(42(37)38)30-12-5-2-6-13-30;1-2/h2-3,5-27,36,41,44-45,48H,1,4H2,(H,46,47);1-2H3. The van der Waals surface area contributed by atoms with Gasteiger partial charge >= 0.3 is 0 Å². The van der Waals surface area contributed by atoms with E-state index in [9.17, 15) is 0 Å². The van der Waals surface area contributed by atoms with E-state index >= 15 is 0 Å². The van der Waals surface area contributed by atoms with E-state index in [1.165, 1.54) is 38.3 Å². The summed E-state index contributed by atoms with van der Waals surface area (Å²) in [5.41, 5.74) is 11.4. The van der Waals surface area contributed by atoms with Gasteiger partial charge in [-0.3, -0.25) is 5.32 Å². The maximum Gasteiger partial charge on any atom is 0.136 e. The molecule has 256 valence electrons. The minimum absolute atomic E-state index is 0.117. The van der Waals surface area contributed by atoms with Crippen molar-refractivity contribution in [3.63, 3.8) is 0 Å². The monoisotopic (exact) mass is 695 g/mol. The van der Waals surface area contributed by atoms with Gasteiger partial charge in [-0.25, -0.2) is 4.99 Å². The van der Waals surface area contributed by atoms with Gasteiger partial charge in [0.15, 0.2) is 0 Å². The predicted molar refractivity (Wildman–Crippen MR) is 219 cm³/mol. The Kier molecular flexibility index (Phi) is 8.75. The first-order valence-corrected chi connectivity index (χ1v) is 19.4. The number of allylic oxidation sites excluding steroid dienone is 5. The topological polar surface area (TPSA) is 49.6 Å². The molecule has 2 aliphatic heterocycles. The number of nitrogens with zero attached hydrogens (tertiary/aromatic N) is 1. The second-order valence-electron chi connectivity index (χ2n) is 13.4. The lowest BCUT2D eigenvalue weighted by atomic mass is 9.89. The van der Waals surface area contributed by atoms with E-state index in [1.807, 2.05) is 25.6 Å². The van der Waals surface area contributed by atoms with Crippen LogP contribution in [-0.4, -0.2) is 17.3 Å². The number of hydrogen-bond acceptors (Lipinski definition) is 5. The van der Waals surface area contributed by atoms with Crippen molar-refractivity contribution in [1.82, 2.24) is 10.6 Å². The van der Waals surface area contributed by atoms with Crippen LogP contribution < -0.4 is 10.6 Å². The van der Waals surface area contributed by atoms with Crippen molar-refractivity contribution in [2.75, 3.05) is 0 Å². The molecule has 4 aliphatic rings. The highest BCUT2D eigenvalue weighted by Crippen LogP contribution is 2.49. The van der Waals surface area contributed by atoms with Crippen LogP contribution in [0.25, 0.3) is 38.6 Å². The summed E-state index contributed by atoms with van der Waals surface area (Å²) >= 11 is 1.96. The fourth-order valence-electron chi connectivity index (χ4n) is 7.83. The van der Waals surface area contributed by atoms with Crippen LogP contribution in [0, 0.1) is 0 Å². The molecule has 0 saturated carbocycles. The van der Waals surface area contributed by atoms with Gasteiger partial charge in [0.2, 0.25) is 0 Å². The van der Waals surface area contributed by atoms with Gasteiger partial charge in [0.1, 0.15) is 29.3 Å². The predicted octanol–water partition coefficient (Wildman–Crippen LogP) is 11.7. The van der Waals surface area contributed by atoms with Crippen LogP contribution in [0.15, 0.2) is 172 Å². The number of furan rings is 1. The maximum absolute atomic E-state index is 6.52. The third-order valence-electron chi connectivity index (χ3n) is 10.4. The summed E-state index contributed by atoms with van der Waals surface area (Å²) in [7, 11) is 0. The molecule has 0 fully saturated rings. The summed E-state index contributed by atoms with van der Waals surface area (Å²) in [6.07, 6.45) is 15.8. The van der Waals surface area contributed by atoms with Crippen molar-refractivity contribution in [2.45, 2.75) is 55.1 Å². The molecule has 0 spiro atoms. The van der Waals surface area contributed by atoms with Crippen molar-refractivity contribution >= 4 is 45.1 Å². The van der Waals surface area contributed by atoms with Crippen LogP contribution in [0.5, 0.6) is 0 Å². The highest BCUT2D eigenvalue weighted by molar-refractivity contribution is 8.00. The van der Waals surface area contributed by atoms with Crippen LogP contribution in [0.4, 0.5) is 0 Å². The lowest BCUT2D eigenvalue weighted by Gasteiger charge is -2.34. The minimum atomic E-state index is -0.272. The molecule has 1 aromatic heterocycles. The van der Waals surface area contributed by atoms with E-state index in [-0.39, 0.29) is 12.3 Å². The zero-order valence-electron chi connectivity index (χ0n) is 29.4. The quantitative estimate of drug-likeness (QED) is 0.188. The molecule has 0 bridgehead atoms. The Bertz CT molecular complexity index is 2430. The third kappa shape index (κ3) is 5.94. The molecular formula is C47H41N3OS. The summed E-state index contributed by atoms with van der Waals surface area (Å²) in [6.45, 7) is 4.00. The molecule has 4 nitrogen and oxygen atoms in total. The fourth-order valence-corrected chi connectivity index (χ4v) is 9.23. The number of nitrogens with one attached hydrogen (secondary N) is 2.